The molecule has 104 valence electrons. The molecule has 0 fully saturated rings. The molecule has 0 aliphatic carbocycles. The van der Waals surface area contributed by atoms with Crippen LogP contribution < -0.4 is 5.32 Å². The van der Waals surface area contributed by atoms with Crippen molar-refractivity contribution in [2.45, 2.75) is 72.4 Å². The number of likely N-dealkylation sites (N-methyl/N-ethyl adjacent to an activating group) is 2. The molecule has 0 aromatic heterocycles. The van der Waals surface area contributed by atoms with E-state index in [2.05, 4.69) is 58.8 Å². The van der Waals surface area contributed by atoms with Gasteiger partial charge in [-0.3, -0.25) is 4.90 Å². The van der Waals surface area contributed by atoms with Crippen LogP contribution in [0, 0.1) is 5.92 Å². The molecule has 0 aromatic carbocycles. The molecule has 0 saturated heterocycles. The zero-order chi connectivity index (χ0) is 13.5. The van der Waals surface area contributed by atoms with Crippen LogP contribution in [0.25, 0.3) is 0 Å². The number of hydrogen-bond donors (Lipinski definition) is 1. The van der Waals surface area contributed by atoms with E-state index in [1.165, 1.54) is 19.3 Å². The van der Waals surface area contributed by atoms with Crippen molar-refractivity contribution in [3.05, 3.63) is 0 Å². The van der Waals surface area contributed by atoms with Gasteiger partial charge in [-0.1, -0.05) is 48.0 Å². The van der Waals surface area contributed by atoms with Gasteiger partial charge in [0.2, 0.25) is 0 Å². The van der Waals surface area contributed by atoms with Crippen molar-refractivity contribution in [3.8, 4) is 0 Å². The molecular formula is C15H34N2. The molecule has 0 amide bonds. The Hall–Kier alpha value is -0.0800. The first kappa shape index (κ1) is 16.9. The summed E-state index contributed by atoms with van der Waals surface area (Å²) in [5.41, 5.74) is 0.313. The highest BCUT2D eigenvalue weighted by molar-refractivity contribution is 5.00. The van der Waals surface area contributed by atoms with Gasteiger partial charge in [0, 0.05) is 11.6 Å². The molecule has 0 radical (unpaired) electrons. The molecule has 2 atom stereocenters. The molecule has 17 heavy (non-hydrogen) atoms. The zero-order valence-corrected chi connectivity index (χ0v) is 13.1. The van der Waals surface area contributed by atoms with Crippen molar-refractivity contribution in [3.63, 3.8) is 0 Å². The number of nitrogens with one attached hydrogen (secondary N) is 1. The van der Waals surface area contributed by atoms with E-state index in [4.69, 9.17) is 0 Å². The minimum Gasteiger partial charge on any atom is -0.315 e. The first-order valence-electron chi connectivity index (χ1n) is 7.49. The third kappa shape index (κ3) is 3.45. The first-order valence-corrected chi connectivity index (χ1v) is 7.49. The van der Waals surface area contributed by atoms with E-state index < -0.39 is 0 Å². The SMILES string of the molecule is CCC(C)C(NC)C(CC)(CC)N(CC)CC. The summed E-state index contributed by atoms with van der Waals surface area (Å²) in [7, 11) is 2.13. The smallest absolute Gasteiger partial charge is 0.0359 e. The molecule has 2 heteroatoms. The van der Waals surface area contributed by atoms with Crippen molar-refractivity contribution < 1.29 is 0 Å². The highest BCUT2D eigenvalue weighted by Gasteiger charge is 2.40. The van der Waals surface area contributed by atoms with E-state index in [1.54, 1.807) is 0 Å². The molecule has 0 heterocycles. The predicted octanol–water partition coefficient (Wildman–Crippen LogP) is 3.52. The molecular weight excluding hydrogens is 208 g/mol. The fraction of sp³-hybridized carbons (Fsp3) is 1.00. The van der Waals surface area contributed by atoms with Gasteiger partial charge in [0.1, 0.15) is 0 Å². The highest BCUT2D eigenvalue weighted by atomic mass is 15.2. The van der Waals surface area contributed by atoms with Crippen molar-refractivity contribution in [1.82, 2.24) is 10.2 Å². The third-order valence-electron chi connectivity index (χ3n) is 4.72. The van der Waals surface area contributed by atoms with E-state index in [0.717, 1.165) is 19.0 Å². The maximum atomic E-state index is 3.60. The third-order valence-corrected chi connectivity index (χ3v) is 4.72. The summed E-state index contributed by atoms with van der Waals surface area (Å²) < 4.78 is 0. The van der Waals surface area contributed by atoms with Crippen molar-refractivity contribution in [1.29, 1.82) is 0 Å². The zero-order valence-electron chi connectivity index (χ0n) is 13.1. The maximum Gasteiger partial charge on any atom is 0.0359 e. The molecule has 0 rings (SSSR count). The van der Waals surface area contributed by atoms with Crippen LogP contribution in [-0.4, -0.2) is 36.6 Å². The Kier molecular flexibility index (Phi) is 8.06. The Bertz CT molecular complexity index is 183. The molecule has 1 N–H and O–H groups in total. The standard InChI is InChI=1S/C15H34N2/c1-8-13(6)14(16-7)15(9-2,10-3)17(11-4)12-5/h13-14,16H,8-12H2,1-7H3. The molecule has 0 spiro atoms. The van der Waals surface area contributed by atoms with Crippen LogP contribution in [0.5, 0.6) is 0 Å². The van der Waals surface area contributed by atoms with Gasteiger partial charge >= 0.3 is 0 Å². The van der Waals surface area contributed by atoms with E-state index >= 15 is 0 Å². The first-order chi connectivity index (χ1) is 8.07. The molecule has 0 aromatic rings. The minimum absolute atomic E-state index is 0.313. The molecule has 0 aliphatic rings. The lowest BCUT2D eigenvalue weighted by molar-refractivity contribution is 0.0316. The predicted molar refractivity (Wildman–Crippen MR) is 78.5 cm³/mol. The molecule has 2 nitrogen and oxygen atoms in total. The Morgan fingerprint density at radius 2 is 1.47 bits per heavy atom. The fourth-order valence-corrected chi connectivity index (χ4v) is 3.51. The minimum atomic E-state index is 0.313. The van der Waals surface area contributed by atoms with E-state index in [0.29, 0.717) is 11.6 Å². The molecule has 0 bridgehead atoms. The van der Waals surface area contributed by atoms with Crippen LogP contribution in [0.2, 0.25) is 0 Å². The van der Waals surface area contributed by atoms with Crippen molar-refractivity contribution in [2.24, 2.45) is 5.92 Å². The Balaban J connectivity index is 5.25. The second-order valence-corrected chi connectivity index (χ2v) is 5.13. The number of nitrogens with zero attached hydrogens (tertiary/aromatic N) is 1. The molecule has 2 unspecified atom stereocenters. The summed E-state index contributed by atoms with van der Waals surface area (Å²) in [6.45, 7) is 16.2. The monoisotopic (exact) mass is 242 g/mol. The van der Waals surface area contributed by atoms with Crippen LogP contribution in [0.3, 0.4) is 0 Å². The van der Waals surface area contributed by atoms with Gasteiger partial charge in [-0.25, -0.2) is 0 Å². The summed E-state index contributed by atoms with van der Waals surface area (Å²) in [4.78, 5) is 2.65. The largest absolute Gasteiger partial charge is 0.315 e. The van der Waals surface area contributed by atoms with Crippen LogP contribution in [0.4, 0.5) is 0 Å². The van der Waals surface area contributed by atoms with Crippen LogP contribution in [-0.2, 0) is 0 Å². The molecule has 0 aliphatic heterocycles. The second kappa shape index (κ2) is 8.10. The summed E-state index contributed by atoms with van der Waals surface area (Å²) in [6, 6.07) is 0.586. The average molecular weight is 242 g/mol. The van der Waals surface area contributed by atoms with Gasteiger partial charge in [0.25, 0.3) is 0 Å². The van der Waals surface area contributed by atoms with Crippen LogP contribution in [0.1, 0.15) is 60.8 Å². The highest BCUT2D eigenvalue weighted by Crippen LogP contribution is 2.32. The lowest BCUT2D eigenvalue weighted by atomic mass is 9.76. The van der Waals surface area contributed by atoms with E-state index in [1.807, 2.05) is 0 Å². The van der Waals surface area contributed by atoms with E-state index in [9.17, 15) is 0 Å². The van der Waals surface area contributed by atoms with Gasteiger partial charge in [0.15, 0.2) is 0 Å². The van der Waals surface area contributed by atoms with Gasteiger partial charge in [-0.05, 0) is 38.9 Å². The number of hydrogen-bond acceptors (Lipinski definition) is 2. The number of rotatable bonds is 9. The van der Waals surface area contributed by atoms with Gasteiger partial charge in [0.05, 0.1) is 0 Å². The van der Waals surface area contributed by atoms with Gasteiger partial charge < -0.3 is 5.32 Å². The van der Waals surface area contributed by atoms with Crippen molar-refractivity contribution in [2.75, 3.05) is 20.1 Å². The van der Waals surface area contributed by atoms with Gasteiger partial charge in [-0.2, -0.15) is 0 Å². The second-order valence-electron chi connectivity index (χ2n) is 5.13. The van der Waals surface area contributed by atoms with Crippen LogP contribution in [0.15, 0.2) is 0 Å². The Morgan fingerprint density at radius 3 is 1.71 bits per heavy atom. The lowest BCUT2D eigenvalue weighted by Crippen LogP contribution is -2.62. The van der Waals surface area contributed by atoms with E-state index in [-0.39, 0.29) is 0 Å². The normalized spacial score (nSPS) is 16.2. The van der Waals surface area contributed by atoms with Crippen molar-refractivity contribution >= 4 is 0 Å². The molecule has 0 saturated carbocycles. The summed E-state index contributed by atoms with van der Waals surface area (Å²) in [5, 5.41) is 3.60. The Morgan fingerprint density at radius 1 is 1.00 bits per heavy atom. The summed E-state index contributed by atoms with van der Waals surface area (Å²) >= 11 is 0. The summed E-state index contributed by atoms with van der Waals surface area (Å²) in [6.07, 6.45) is 3.69. The van der Waals surface area contributed by atoms with Crippen LogP contribution >= 0.6 is 0 Å². The maximum absolute atomic E-state index is 3.60. The fourth-order valence-electron chi connectivity index (χ4n) is 3.51. The van der Waals surface area contributed by atoms with Gasteiger partial charge in [-0.15, -0.1) is 0 Å². The Labute approximate surface area is 109 Å². The average Bonchev–Trinajstić information content (AvgIpc) is 2.38. The lowest BCUT2D eigenvalue weighted by Gasteiger charge is -2.50. The summed E-state index contributed by atoms with van der Waals surface area (Å²) in [5.74, 6) is 0.723. The quantitative estimate of drug-likeness (QED) is 0.665. The topological polar surface area (TPSA) is 15.3 Å².